The number of carbonyl (C=O) groups is 5. The molecule has 0 spiro atoms. The van der Waals surface area contributed by atoms with Gasteiger partial charge in [0.2, 0.25) is 29.8 Å². The fraction of sp³-hybridized carbons (Fsp3) is 0.271. The summed E-state index contributed by atoms with van der Waals surface area (Å²) in [6, 6.07) is 30.9. The van der Waals surface area contributed by atoms with Crippen LogP contribution in [0.15, 0.2) is 218 Å². The summed E-state index contributed by atoms with van der Waals surface area (Å²) in [7, 11) is 0. The van der Waals surface area contributed by atoms with Gasteiger partial charge >= 0.3 is 30.5 Å². The lowest BCUT2D eigenvalue weighted by molar-refractivity contribution is -0.763. The van der Waals surface area contributed by atoms with Crippen molar-refractivity contribution in [2.75, 3.05) is 145 Å². The van der Waals surface area contributed by atoms with Gasteiger partial charge in [0.15, 0.2) is 0 Å². The molecule has 5 aliphatic rings. The van der Waals surface area contributed by atoms with Gasteiger partial charge in [0.25, 0.3) is 25.4 Å². The highest BCUT2D eigenvalue weighted by atomic mass is 79.9. The number of carbonyl (C=O) groups excluding carboxylic acids is 5. The fourth-order valence-electron chi connectivity index (χ4n) is 13.3. The Hall–Kier alpha value is -16.7. The molecule has 17 rings (SSSR count). The molecule has 7 aromatic carbocycles. The molecule has 5 N–H and O–H groups in total. The highest BCUT2D eigenvalue weighted by Crippen LogP contribution is 2.36. The predicted molar refractivity (Wildman–Crippen MR) is 535 cm³/mol. The van der Waals surface area contributed by atoms with Crippen molar-refractivity contribution >= 4 is 224 Å². The van der Waals surface area contributed by atoms with Gasteiger partial charge in [0, 0.05) is 74.0 Å². The topological polar surface area (TPSA) is 670 Å². The Kier molecular flexibility index (Phi) is 39.0. The minimum Gasteiger partial charge on any atom is -0.449 e. The van der Waals surface area contributed by atoms with E-state index in [1.807, 2.05) is 42.5 Å². The van der Waals surface area contributed by atoms with Crippen molar-refractivity contribution in [2.45, 2.75) is 32.5 Å². The molecular weight excluding hydrogens is 2260 g/mol. The molecule has 0 bridgehead atoms. The highest BCUT2D eigenvalue weighted by Gasteiger charge is 2.33. The van der Waals surface area contributed by atoms with Crippen LogP contribution in [0.1, 0.15) is 30.4 Å². The molecule has 0 radical (unpaired) electrons. The van der Waals surface area contributed by atoms with Crippen molar-refractivity contribution in [3.8, 4) is 11.5 Å². The molecule has 56 nitrogen and oxygen atoms in total. The van der Waals surface area contributed by atoms with E-state index in [9.17, 15) is 74.5 Å². The van der Waals surface area contributed by atoms with E-state index in [0.717, 1.165) is 27.6 Å². The number of unbranched alkanes of at least 4 members (excludes halogenated alkanes) is 1. The van der Waals surface area contributed by atoms with Crippen LogP contribution in [0.4, 0.5) is 52.4 Å². The van der Waals surface area contributed by atoms with E-state index in [-0.39, 0.29) is 84.0 Å². The summed E-state index contributed by atoms with van der Waals surface area (Å²) in [5, 5.41) is 62.1. The van der Waals surface area contributed by atoms with Gasteiger partial charge in [-0.05, 0) is 177 Å². The highest BCUT2D eigenvalue weighted by molar-refractivity contribution is 9.11. The number of fused-ring (bicyclic) bond motifs is 5. The lowest BCUT2D eigenvalue weighted by atomic mass is 10.2. The van der Waals surface area contributed by atoms with Gasteiger partial charge in [0.05, 0.1) is 183 Å². The van der Waals surface area contributed by atoms with Gasteiger partial charge in [-0.15, -0.1) is 50.6 Å². The minimum absolute atomic E-state index is 0.00363. The number of benzene rings is 7. The minimum atomic E-state index is -0.903. The molecule has 0 saturated carbocycles. The second-order valence-electron chi connectivity index (χ2n) is 29.3. The zero-order valence-electron chi connectivity index (χ0n) is 75.6. The monoisotopic (exact) mass is 2330 g/mol. The molecule has 5 aliphatic heterocycles. The molecule has 10 heterocycles. The second-order valence-corrected chi connectivity index (χ2v) is 33.3. The summed E-state index contributed by atoms with van der Waals surface area (Å²) in [6.45, 7) is 3.30. The quantitative estimate of drug-likeness (QED) is 0.0117. The number of ether oxygens (including phenoxy) is 6. The van der Waals surface area contributed by atoms with E-state index in [2.05, 4.69) is 205 Å². The zero-order valence-corrected chi connectivity index (χ0v) is 83.5. The van der Waals surface area contributed by atoms with E-state index in [1.54, 1.807) is 117 Å². The van der Waals surface area contributed by atoms with E-state index in [1.165, 1.54) is 36.6 Å². The SMILES string of the molecule is O=C(OCCCCO[N+](=O)[O-])N1CCN=C1Nc1ccc2nccnc2c1Br.O=C(OCCCO[N+](=O)[O-])N1CCN=C1Nc1ccc2nccnc2c1Br.O=C(OCCOCCO[N+](=O)[O-])N1CCN=C1Nc1ccc2nccnc2c1Br.O=C(Oc1cccc(CO[N+](=O)[O-])c1)N1CCN=C1Nc1ccc2nccnc2c1Br.O=C(Oc1ccccc1CO[N+](=O)[O-])N1CCN=C1Nc1ccc2nccnc2c1Br. The first kappa shape index (κ1) is 107. The summed E-state index contributed by atoms with van der Waals surface area (Å²) >= 11 is 17.5. The lowest BCUT2D eigenvalue weighted by Crippen LogP contribution is -2.40. The molecule has 0 atom stereocenters. The number of aliphatic imine (C=N–C) groups is 5. The predicted octanol–water partition coefficient (Wildman–Crippen LogP) is 13.4. The molecule has 0 saturated heterocycles. The Morgan fingerprint density at radius 2 is 0.610 bits per heavy atom. The van der Waals surface area contributed by atoms with E-state index in [0.29, 0.717) is 198 Å². The normalized spacial score (nSPS) is 13.2. The van der Waals surface area contributed by atoms with Crippen LogP contribution in [0.25, 0.3) is 55.2 Å². The van der Waals surface area contributed by atoms with Crippen LogP contribution in [0.3, 0.4) is 0 Å². The van der Waals surface area contributed by atoms with Gasteiger partial charge < -0.3 is 79.2 Å². The molecule has 0 fully saturated rings. The molecule has 0 aliphatic carbocycles. The Morgan fingerprint density at radius 1 is 0.308 bits per heavy atom. The number of nitrogens with zero attached hydrogens (tertiary/aromatic N) is 25. The molecular formula is C85H79Br5N30O26. The van der Waals surface area contributed by atoms with Gasteiger partial charge in [-0.3, -0.25) is 74.8 Å². The van der Waals surface area contributed by atoms with Crippen molar-refractivity contribution in [1.82, 2.24) is 74.3 Å². The number of hydrogen-bond acceptors (Lipinski definition) is 46. The third-order valence-electron chi connectivity index (χ3n) is 19.9. The summed E-state index contributed by atoms with van der Waals surface area (Å²) in [4.78, 5) is 206. The van der Waals surface area contributed by atoms with Crippen molar-refractivity contribution in [3.05, 3.63) is 255 Å². The first-order valence-electron chi connectivity index (χ1n) is 43.2. The van der Waals surface area contributed by atoms with E-state index >= 15 is 0 Å². The van der Waals surface area contributed by atoms with Crippen LogP contribution in [0.5, 0.6) is 11.5 Å². The van der Waals surface area contributed by atoms with E-state index < -0.39 is 55.9 Å². The van der Waals surface area contributed by atoms with Gasteiger partial charge in [-0.1, -0.05) is 30.3 Å². The number of aromatic nitrogens is 10. The molecule has 760 valence electrons. The van der Waals surface area contributed by atoms with Crippen molar-refractivity contribution in [3.63, 3.8) is 0 Å². The van der Waals surface area contributed by atoms with Crippen molar-refractivity contribution in [1.29, 1.82) is 0 Å². The van der Waals surface area contributed by atoms with Gasteiger partial charge in [-0.25, -0.2) is 48.5 Å². The Labute approximate surface area is 863 Å². The number of nitrogens with one attached hydrogen (secondary N) is 5. The third-order valence-corrected chi connectivity index (χ3v) is 23.9. The first-order valence-corrected chi connectivity index (χ1v) is 47.1. The average molecular weight is 2340 g/mol. The van der Waals surface area contributed by atoms with Crippen LogP contribution in [-0.4, -0.2) is 278 Å². The number of amides is 5. The number of hydrogen-bond donors (Lipinski definition) is 5. The summed E-state index contributed by atoms with van der Waals surface area (Å²) in [6.07, 6.45) is 14.1. The van der Waals surface area contributed by atoms with E-state index in [4.69, 9.17) is 28.4 Å². The Bertz CT molecular complexity index is 6980. The number of halogens is 5. The lowest BCUT2D eigenvalue weighted by Gasteiger charge is -2.20. The average Bonchev–Trinajstić information content (AvgIpc) is 1.38. The van der Waals surface area contributed by atoms with Crippen LogP contribution < -0.4 is 36.1 Å². The van der Waals surface area contributed by atoms with Gasteiger partial charge in [-0.2, -0.15) is 0 Å². The largest absolute Gasteiger partial charge is 0.449 e. The Balaban J connectivity index is 0.000000153. The maximum Gasteiger partial charge on any atom is 0.422 e. The maximum atomic E-state index is 12.8. The number of anilines is 5. The van der Waals surface area contributed by atoms with Crippen LogP contribution >= 0.6 is 79.6 Å². The van der Waals surface area contributed by atoms with Crippen molar-refractivity contribution in [2.24, 2.45) is 25.0 Å². The molecule has 146 heavy (non-hydrogen) atoms. The molecule has 0 unspecified atom stereocenters. The van der Waals surface area contributed by atoms with Crippen molar-refractivity contribution < 1.29 is 102 Å². The fourth-order valence-corrected chi connectivity index (χ4v) is 16.0. The second kappa shape index (κ2) is 53.4. The van der Waals surface area contributed by atoms with Crippen LogP contribution in [0.2, 0.25) is 0 Å². The standard InChI is InChI=1S/2C19H15BrN6O5.C16H17BrN6O6.C16H17BrN6O5.C15H15BrN6O5/c20-16-14(4-5-15-17(16)22-7-6-21-15)24-18-23-8-9-25(18)19(27)31-13-3-1-2-12(10-13)11-30-26(28)29;20-16-13(5-6-14-17(16)22-8-7-21-14)24-18-23-9-10-25(18)19(27)31-15-4-2-1-3-12(15)11-30-26(28)29;17-13-11(1-2-12-14(13)19-4-3-18-12)21-15-20-5-6-22(15)16(24)28-9-7-27-8-10-29-23(25)26;17-13-11(3-4-12-14(13)19-6-5-18-12)21-15-20-7-8-22(15)16(24)27-9-1-2-10-28-23(25)26;16-12-10(2-3-11-13(12)18-5-4-17-11)20-14-19-6-7-21(14)15(23)26-8-1-9-27-22(24)25/h1-7,10H,8-9,11H2,(H,23,24);1-8H,9-11H2,(H,23,24);1-4H,5-10H2,(H,20,21);3-6H,1-2,7-10H2,(H,20,21);2-5H,1,6-9H2,(H,19,20). The molecule has 12 aromatic rings. The van der Waals surface area contributed by atoms with Crippen LogP contribution in [0, 0.1) is 50.6 Å². The summed E-state index contributed by atoms with van der Waals surface area (Å²) in [5.74, 6) is 2.15. The zero-order chi connectivity index (χ0) is 103. The summed E-state index contributed by atoms with van der Waals surface area (Å²) in [5.41, 5.74) is 11.3. The first-order chi connectivity index (χ1) is 70.7. The maximum absolute atomic E-state index is 12.8. The number of para-hydroxylation sites is 1. The number of rotatable bonds is 31. The molecule has 61 heteroatoms. The molecule has 5 aromatic heterocycles. The van der Waals surface area contributed by atoms with Crippen LogP contribution in [-0.2, 0) is 56.3 Å². The number of guanidine groups is 5. The third kappa shape index (κ3) is 30.2. The molecule has 5 amide bonds. The summed E-state index contributed by atoms with van der Waals surface area (Å²) < 4.78 is 34.9. The van der Waals surface area contributed by atoms with Gasteiger partial charge in [0.1, 0.15) is 65.5 Å². The Morgan fingerprint density at radius 3 is 0.979 bits per heavy atom. The smallest absolute Gasteiger partial charge is 0.422 e.